The molecule has 0 bridgehead atoms. The summed E-state index contributed by atoms with van der Waals surface area (Å²) in [7, 11) is 0. The van der Waals surface area contributed by atoms with Gasteiger partial charge in [-0.2, -0.15) is 5.10 Å². The van der Waals surface area contributed by atoms with Crippen LogP contribution in [0.4, 0.5) is 4.39 Å². The van der Waals surface area contributed by atoms with Crippen LogP contribution < -0.4 is 0 Å². The third-order valence-electron chi connectivity index (χ3n) is 5.28. The van der Waals surface area contributed by atoms with Crippen molar-refractivity contribution in [1.82, 2.24) is 14.8 Å². The molecule has 34 heavy (non-hydrogen) atoms. The monoisotopic (exact) mass is 467 g/mol. The minimum absolute atomic E-state index is 0.149. The fourth-order valence-electron chi connectivity index (χ4n) is 3.73. The molecule has 2 heterocycles. The predicted molar refractivity (Wildman–Crippen MR) is 124 cm³/mol. The second-order valence-electron chi connectivity index (χ2n) is 7.68. The van der Waals surface area contributed by atoms with Crippen LogP contribution in [0.3, 0.4) is 0 Å². The summed E-state index contributed by atoms with van der Waals surface area (Å²) < 4.78 is 25.0. The number of rotatable bonds is 8. The standard InChI is InChI=1S/C25H26FN3O5/c1-6-33-25(32)24-16(4)27-15(3)23(24)21(30)13-34-22(31)12-11-20-14(2)28-29(17(20)5)19-9-7-18(26)8-10-19/h7-12,27H,6,13H2,1-5H3/b12-11+. The van der Waals surface area contributed by atoms with Crippen LogP contribution in [0.2, 0.25) is 0 Å². The molecule has 0 radical (unpaired) electrons. The molecule has 0 amide bonds. The Hall–Kier alpha value is -4.01. The van der Waals surface area contributed by atoms with Gasteiger partial charge in [0.05, 0.1) is 29.1 Å². The van der Waals surface area contributed by atoms with Gasteiger partial charge in [0.25, 0.3) is 0 Å². The minimum atomic E-state index is -0.718. The summed E-state index contributed by atoms with van der Waals surface area (Å²) in [5, 5.41) is 4.44. The topological polar surface area (TPSA) is 103 Å². The molecule has 3 aromatic rings. The number of esters is 2. The summed E-state index contributed by atoms with van der Waals surface area (Å²) in [6.45, 7) is 8.26. The quantitative estimate of drug-likeness (QED) is 0.303. The zero-order valence-corrected chi connectivity index (χ0v) is 19.7. The van der Waals surface area contributed by atoms with Crippen molar-refractivity contribution in [1.29, 1.82) is 0 Å². The number of ether oxygens (including phenoxy) is 2. The number of hydrogen-bond acceptors (Lipinski definition) is 6. The molecule has 8 nitrogen and oxygen atoms in total. The first-order valence-corrected chi connectivity index (χ1v) is 10.7. The number of aromatic nitrogens is 3. The van der Waals surface area contributed by atoms with Gasteiger partial charge >= 0.3 is 11.9 Å². The number of ketones is 1. The van der Waals surface area contributed by atoms with Crippen LogP contribution >= 0.6 is 0 Å². The molecule has 0 aliphatic rings. The highest BCUT2D eigenvalue weighted by atomic mass is 19.1. The van der Waals surface area contributed by atoms with Crippen LogP contribution in [-0.4, -0.2) is 45.7 Å². The molecule has 0 fully saturated rings. The molecule has 2 aromatic heterocycles. The Balaban J connectivity index is 1.71. The van der Waals surface area contributed by atoms with Gasteiger partial charge in [0.1, 0.15) is 5.82 Å². The third kappa shape index (κ3) is 5.14. The van der Waals surface area contributed by atoms with Crippen molar-refractivity contribution in [3.8, 4) is 5.69 Å². The number of carbonyl (C=O) groups excluding carboxylic acids is 3. The van der Waals surface area contributed by atoms with Gasteiger partial charge in [-0.1, -0.05) is 0 Å². The molecule has 3 rings (SSSR count). The number of H-pyrrole nitrogens is 1. The Bertz CT molecular complexity index is 1270. The summed E-state index contributed by atoms with van der Waals surface area (Å²) in [4.78, 5) is 40.2. The lowest BCUT2D eigenvalue weighted by Gasteiger charge is -2.06. The summed E-state index contributed by atoms with van der Waals surface area (Å²) >= 11 is 0. The molecule has 1 aromatic carbocycles. The lowest BCUT2D eigenvalue weighted by atomic mass is 10.1. The van der Waals surface area contributed by atoms with E-state index in [1.165, 1.54) is 18.2 Å². The van der Waals surface area contributed by atoms with Gasteiger partial charge in [0, 0.05) is 28.7 Å². The van der Waals surface area contributed by atoms with Gasteiger partial charge in [-0.3, -0.25) is 4.79 Å². The Labute approximate surface area is 196 Å². The Morgan fingerprint density at radius 3 is 2.32 bits per heavy atom. The second-order valence-corrected chi connectivity index (χ2v) is 7.68. The molecule has 0 saturated heterocycles. The van der Waals surface area contributed by atoms with E-state index in [-0.39, 0.29) is 23.6 Å². The highest BCUT2D eigenvalue weighted by molar-refractivity contribution is 6.09. The number of nitrogens with one attached hydrogen (secondary N) is 1. The van der Waals surface area contributed by atoms with E-state index in [1.807, 2.05) is 6.92 Å². The number of aryl methyl sites for hydroxylation is 3. The van der Waals surface area contributed by atoms with Crippen LogP contribution in [0.25, 0.3) is 11.8 Å². The molecule has 0 aliphatic heterocycles. The Morgan fingerprint density at radius 1 is 1.03 bits per heavy atom. The van der Waals surface area contributed by atoms with E-state index >= 15 is 0 Å². The normalized spacial score (nSPS) is 11.1. The van der Waals surface area contributed by atoms with Crippen molar-refractivity contribution in [2.75, 3.05) is 13.2 Å². The first-order chi connectivity index (χ1) is 16.1. The van der Waals surface area contributed by atoms with Crippen LogP contribution in [0.15, 0.2) is 30.3 Å². The maximum Gasteiger partial charge on any atom is 0.340 e. The van der Waals surface area contributed by atoms with Crippen LogP contribution in [0, 0.1) is 33.5 Å². The summed E-state index contributed by atoms with van der Waals surface area (Å²) in [5.74, 6) is -2.18. The number of halogens is 1. The van der Waals surface area contributed by atoms with E-state index in [1.54, 1.807) is 50.6 Å². The zero-order valence-electron chi connectivity index (χ0n) is 19.7. The zero-order chi connectivity index (χ0) is 25.0. The van der Waals surface area contributed by atoms with Gasteiger partial charge in [-0.05, 0) is 65.0 Å². The van der Waals surface area contributed by atoms with Crippen LogP contribution in [0.5, 0.6) is 0 Å². The predicted octanol–water partition coefficient (Wildman–Crippen LogP) is 4.19. The maximum atomic E-state index is 13.2. The van der Waals surface area contributed by atoms with Gasteiger partial charge in [0.2, 0.25) is 5.78 Å². The van der Waals surface area contributed by atoms with Gasteiger partial charge in [-0.15, -0.1) is 0 Å². The van der Waals surface area contributed by atoms with E-state index in [4.69, 9.17) is 9.47 Å². The molecule has 1 N–H and O–H groups in total. The van der Waals surface area contributed by atoms with Gasteiger partial charge in [-0.25, -0.2) is 18.7 Å². The highest BCUT2D eigenvalue weighted by Gasteiger charge is 2.25. The lowest BCUT2D eigenvalue weighted by molar-refractivity contribution is -0.136. The molecule has 0 atom stereocenters. The number of hydrogen-bond donors (Lipinski definition) is 1. The fraction of sp³-hybridized carbons (Fsp3) is 0.280. The second kappa shape index (κ2) is 10.3. The minimum Gasteiger partial charge on any atom is -0.462 e. The summed E-state index contributed by atoms with van der Waals surface area (Å²) in [6.07, 6.45) is 2.76. The number of aromatic amines is 1. The SMILES string of the molecule is CCOC(=O)c1c(C)[nH]c(C)c1C(=O)COC(=O)/C=C/c1c(C)nn(-c2ccc(F)cc2)c1C. The maximum absolute atomic E-state index is 13.2. The smallest absolute Gasteiger partial charge is 0.340 e. The van der Waals surface area contributed by atoms with Crippen molar-refractivity contribution in [2.45, 2.75) is 34.6 Å². The van der Waals surface area contributed by atoms with Gasteiger partial charge < -0.3 is 14.5 Å². The Kier molecular flexibility index (Phi) is 7.45. The van der Waals surface area contributed by atoms with E-state index in [9.17, 15) is 18.8 Å². The number of nitrogens with zero attached hydrogens (tertiary/aromatic N) is 2. The van der Waals surface area contributed by atoms with Crippen molar-refractivity contribution in [3.63, 3.8) is 0 Å². The van der Waals surface area contributed by atoms with E-state index < -0.39 is 24.3 Å². The molecule has 0 unspecified atom stereocenters. The summed E-state index contributed by atoms with van der Waals surface area (Å²) in [5.41, 5.74) is 4.11. The highest BCUT2D eigenvalue weighted by Crippen LogP contribution is 2.21. The number of carbonyl (C=O) groups is 3. The first-order valence-electron chi connectivity index (χ1n) is 10.7. The van der Waals surface area contributed by atoms with Crippen LogP contribution in [0.1, 0.15) is 56.0 Å². The average molecular weight is 467 g/mol. The van der Waals surface area contributed by atoms with E-state index in [0.717, 1.165) is 5.69 Å². The largest absolute Gasteiger partial charge is 0.462 e. The third-order valence-corrected chi connectivity index (χ3v) is 5.28. The lowest BCUT2D eigenvalue weighted by Crippen LogP contribution is -2.17. The van der Waals surface area contributed by atoms with E-state index in [2.05, 4.69) is 10.1 Å². The fourth-order valence-corrected chi connectivity index (χ4v) is 3.73. The first kappa shape index (κ1) is 24.6. The number of Topliss-reactive ketones (excluding diaryl/α,β-unsaturated/α-hetero) is 1. The number of benzene rings is 1. The van der Waals surface area contributed by atoms with Gasteiger partial charge in [0.15, 0.2) is 6.61 Å². The molecule has 0 saturated carbocycles. The molecule has 178 valence electrons. The van der Waals surface area contributed by atoms with Crippen molar-refractivity contribution in [3.05, 3.63) is 75.6 Å². The van der Waals surface area contributed by atoms with Crippen molar-refractivity contribution >= 4 is 23.8 Å². The Morgan fingerprint density at radius 2 is 1.68 bits per heavy atom. The van der Waals surface area contributed by atoms with E-state index in [0.29, 0.717) is 28.3 Å². The van der Waals surface area contributed by atoms with Crippen molar-refractivity contribution < 1.29 is 28.2 Å². The molecular formula is C25H26FN3O5. The molecule has 0 spiro atoms. The summed E-state index contributed by atoms with van der Waals surface area (Å²) in [6, 6.07) is 5.91. The molecular weight excluding hydrogens is 441 g/mol. The molecule has 9 heteroatoms. The average Bonchev–Trinajstić information content (AvgIpc) is 3.25. The van der Waals surface area contributed by atoms with Crippen molar-refractivity contribution in [2.24, 2.45) is 0 Å². The molecule has 0 aliphatic carbocycles. The van der Waals surface area contributed by atoms with Crippen LogP contribution in [-0.2, 0) is 14.3 Å².